The van der Waals surface area contributed by atoms with Gasteiger partial charge in [0.2, 0.25) is 0 Å². The second-order valence-electron chi connectivity index (χ2n) is 8.21. The van der Waals surface area contributed by atoms with Crippen molar-refractivity contribution in [2.24, 2.45) is 0 Å². The van der Waals surface area contributed by atoms with Crippen molar-refractivity contribution in [2.75, 3.05) is 37.3 Å². The summed E-state index contributed by atoms with van der Waals surface area (Å²) < 4.78 is 41.0. The summed E-state index contributed by atoms with van der Waals surface area (Å²) in [5.74, 6) is 0.583. The van der Waals surface area contributed by atoms with Crippen LogP contribution in [0, 0.1) is 5.82 Å². The first kappa shape index (κ1) is 26.7. The fourth-order valence-electron chi connectivity index (χ4n) is 3.77. The smallest absolute Gasteiger partial charge is 0.251 e. The molecule has 0 fully saturated rings. The summed E-state index contributed by atoms with van der Waals surface area (Å²) >= 11 is 0. The minimum Gasteiger partial charge on any atom is -0.497 e. The molecule has 0 bridgehead atoms. The summed E-state index contributed by atoms with van der Waals surface area (Å²) in [5.41, 5.74) is 2.97. The molecule has 0 radical (unpaired) electrons. The predicted octanol–water partition coefficient (Wildman–Crippen LogP) is 5.49. The Balaban J connectivity index is 1.37. The van der Waals surface area contributed by atoms with E-state index in [0.29, 0.717) is 51.9 Å². The molecule has 0 aliphatic carbocycles. The average Bonchev–Trinajstić information content (AvgIpc) is 2.95. The lowest BCUT2D eigenvalue weighted by Gasteiger charge is -2.14. The standard InChI is InChI=1S/C29H28FN3O4S/c1-36-24-13-10-20(11-14-24)29(34)32-17-16-31-22-6-5-7-23(19-22)33-38(35)28-18-21(12-15-27(28)37-2)25-8-3-4-9-26(25)30/h3-15,18-19,31,33H,16-17H2,1-2H3,(H,32,34). The first-order chi connectivity index (χ1) is 18.5. The monoisotopic (exact) mass is 533 g/mol. The van der Waals surface area contributed by atoms with Gasteiger partial charge in [-0.1, -0.05) is 30.3 Å². The summed E-state index contributed by atoms with van der Waals surface area (Å²) in [6.45, 7) is 0.904. The molecule has 196 valence electrons. The third-order valence-corrected chi connectivity index (χ3v) is 6.85. The SMILES string of the molecule is COc1ccc(C(=O)NCCNc2cccc(NS(=O)c3cc(-c4ccccc4F)ccc3OC)c2)cc1. The van der Waals surface area contributed by atoms with Crippen LogP contribution in [0.4, 0.5) is 15.8 Å². The summed E-state index contributed by atoms with van der Waals surface area (Å²) in [7, 11) is 1.40. The van der Waals surface area contributed by atoms with Crippen molar-refractivity contribution in [1.29, 1.82) is 0 Å². The number of hydrogen-bond donors (Lipinski definition) is 3. The molecular weight excluding hydrogens is 505 g/mol. The van der Waals surface area contributed by atoms with Crippen LogP contribution in [0.3, 0.4) is 0 Å². The number of benzene rings is 4. The van der Waals surface area contributed by atoms with Gasteiger partial charge in [-0.05, 0) is 66.2 Å². The second kappa shape index (κ2) is 12.7. The predicted molar refractivity (Wildman–Crippen MR) is 149 cm³/mol. The normalized spacial score (nSPS) is 11.3. The number of halogens is 1. The molecule has 0 saturated heterocycles. The highest BCUT2D eigenvalue weighted by molar-refractivity contribution is 7.86. The van der Waals surface area contributed by atoms with E-state index in [2.05, 4.69) is 15.4 Å². The van der Waals surface area contributed by atoms with Gasteiger partial charge in [0.25, 0.3) is 5.91 Å². The van der Waals surface area contributed by atoms with Crippen molar-refractivity contribution in [3.63, 3.8) is 0 Å². The number of nitrogens with one attached hydrogen (secondary N) is 3. The Morgan fingerprint density at radius 1 is 0.842 bits per heavy atom. The summed E-state index contributed by atoms with van der Waals surface area (Å²) in [6, 6.07) is 25.7. The van der Waals surface area contributed by atoms with Gasteiger partial charge in [-0.25, -0.2) is 8.60 Å². The minimum absolute atomic E-state index is 0.174. The van der Waals surface area contributed by atoms with Gasteiger partial charge in [-0.3, -0.25) is 4.79 Å². The molecule has 4 aromatic carbocycles. The highest BCUT2D eigenvalue weighted by atomic mass is 32.2. The fraction of sp³-hybridized carbons (Fsp3) is 0.138. The molecule has 0 aliphatic heterocycles. The van der Waals surface area contributed by atoms with Crippen molar-refractivity contribution in [3.05, 3.63) is 102 Å². The fourth-order valence-corrected chi connectivity index (χ4v) is 4.79. The highest BCUT2D eigenvalue weighted by Crippen LogP contribution is 2.31. The number of ether oxygens (including phenoxy) is 2. The molecule has 0 aliphatic rings. The van der Waals surface area contributed by atoms with Crippen molar-refractivity contribution in [3.8, 4) is 22.6 Å². The van der Waals surface area contributed by atoms with E-state index in [1.807, 2.05) is 18.2 Å². The third-order valence-electron chi connectivity index (χ3n) is 5.71. The second-order valence-corrected chi connectivity index (χ2v) is 9.39. The molecule has 0 aromatic heterocycles. The molecule has 0 saturated carbocycles. The van der Waals surface area contributed by atoms with Gasteiger partial charge in [0, 0.05) is 35.6 Å². The number of amides is 1. The zero-order valence-corrected chi connectivity index (χ0v) is 21.8. The van der Waals surface area contributed by atoms with Gasteiger partial charge in [0.05, 0.1) is 14.2 Å². The molecule has 4 rings (SSSR count). The summed E-state index contributed by atoms with van der Waals surface area (Å²) in [4.78, 5) is 12.7. The number of carbonyl (C=O) groups excluding carboxylic acids is 1. The first-order valence-corrected chi connectivity index (χ1v) is 13.0. The Kier molecular flexibility index (Phi) is 8.94. The Bertz CT molecular complexity index is 1430. The Morgan fingerprint density at radius 2 is 1.61 bits per heavy atom. The summed E-state index contributed by atoms with van der Waals surface area (Å²) in [6.07, 6.45) is 0. The number of carbonyl (C=O) groups is 1. The van der Waals surface area contributed by atoms with Crippen molar-refractivity contribution < 1.29 is 22.9 Å². The topological polar surface area (TPSA) is 88.7 Å². The molecule has 1 unspecified atom stereocenters. The lowest BCUT2D eigenvalue weighted by Crippen LogP contribution is -2.28. The van der Waals surface area contributed by atoms with Crippen LogP contribution in [0.15, 0.2) is 95.9 Å². The van der Waals surface area contributed by atoms with Crippen LogP contribution in [-0.4, -0.2) is 37.4 Å². The molecular formula is C29H28FN3O4S. The molecule has 9 heteroatoms. The van der Waals surface area contributed by atoms with Crippen LogP contribution in [0.25, 0.3) is 11.1 Å². The quantitative estimate of drug-likeness (QED) is 0.222. The lowest BCUT2D eigenvalue weighted by atomic mass is 10.1. The maximum absolute atomic E-state index is 14.3. The molecule has 1 amide bonds. The van der Waals surface area contributed by atoms with Crippen LogP contribution in [-0.2, 0) is 11.0 Å². The van der Waals surface area contributed by atoms with E-state index in [9.17, 15) is 13.4 Å². The molecule has 0 heterocycles. The van der Waals surface area contributed by atoms with Gasteiger partial charge in [0.15, 0.2) is 11.0 Å². The maximum Gasteiger partial charge on any atom is 0.251 e. The Morgan fingerprint density at radius 3 is 2.34 bits per heavy atom. The number of methoxy groups -OCH3 is 2. The number of hydrogen-bond acceptors (Lipinski definition) is 5. The largest absolute Gasteiger partial charge is 0.497 e. The highest BCUT2D eigenvalue weighted by Gasteiger charge is 2.15. The van der Waals surface area contributed by atoms with Gasteiger partial charge in [-0.15, -0.1) is 0 Å². The van der Waals surface area contributed by atoms with E-state index in [4.69, 9.17) is 9.47 Å². The molecule has 38 heavy (non-hydrogen) atoms. The van der Waals surface area contributed by atoms with Crippen molar-refractivity contribution >= 4 is 28.3 Å². The number of anilines is 2. The first-order valence-electron chi connectivity index (χ1n) is 11.9. The molecule has 1 atom stereocenters. The zero-order valence-electron chi connectivity index (χ0n) is 21.0. The van der Waals surface area contributed by atoms with Crippen LogP contribution in [0.5, 0.6) is 11.5 Å². The average molecular weight is 534 g/mol. The van der Waals surface area contributed by atoms with Gasteiger partial charge >= 0.3 is 0 Å². The zero-order chi connectivity index (χ0) is 26.9. The van der Waals surface area contributed by atoms with Gasteiger partial charge < -0.3 is 24.8 Å². The molecule has 4 aromatic rings. The van der Waals surface area contributed by atoms with Gasteiger partial charge in [0.1, 0.15) is 22.2 Å². The van der Waals surface area contributed by atoms with Crippen LogP contribution in [0.2, 0.25) is 0 Å². The number of rotatable bonds is 11. The van der Waals surface area contributed by atoms with E-state index in [0.717, 1.165) is 5.69 Å². The Hall–Kier alpha value is -4.37. The van der Waals surface area contributed by atoms with Crippen molar-refractivity contribution in [2.45, 2.75) is 4.90 Å². The van der Waals surface area contributed by atoms with E-state index in [-0.39, 0.29) is 11.7 Å². The third kappa shape index (κ3) is 6.68. The van der Waals surface area contributed by atoms with Gasteiger partial charge in [-0.2, -0.15) is 0 Å². The summed E-state index contributed by atoms with van der Waals surface area (Å²) in [5, 5.41) is 6.11. The van der Waals surface area contributed by atoms with Crippen LogP contribution >= 0.6 is 0 Å². The maximum atomic E-state index is 14.3. The van der Waals surface area contributed by atoms with E-state index in [1.165, 1.54) is 13.2 Å². The van der Waals surface area contributed by atoms with Crippen molar-refractivity contribution in [1.82, 2.24) is 5.32 Å². The molecule has 3 N–H and O–H groups in total. The van der Waals surface area contributed by atoms with E-state index in [1.54, 1.807) is 73.8 Å². The minimum atomic E-state index is -1.67. The molecule has 7 nitrogen and oxygen atoms in total. The molecule has 0 spiro atoms. The van der Waals surface area contributed by atoms with Crippen LogP contribution in [0.1, 0.15) is 10.4 Å². The van der Waals surface area contributed by atoms with E-state index < -0.39 is 11.0 Å². The lowest BCUT2D eigenvalue weighted by molar-refractivity contribution is 0.0955. The Labute approximate surface area is 223 Å². The van der Waals surface area contributed by atoms with E-state index >= 15 is 0 Å². The van der Waals surface area contributed by atoms with Crippen LogP contribution < -0.4 is 24.8 Å².